The number of carbonyl (C=O) groups is 1. The molecule has 2 amide bonds. The van der Waals surface area contributed by atoms with Crippen LogP contribution in [0.3, 0.4) is 0 Å². The van der Waals surface area contributed by atoms with Gasteiger partial charge < -0.3 is 14.4 Å². The van der Waals surface area contributed by atoms with Crippen LogP contribution in [0.15, 0.2) is 60.6 Å². The molecule has 1 aromatic carbocycles. The minimum atomic E-state index is -0.190. The first-order valence-electron chi connectivity index (χ1n) is 10.8. The number of hydrogen-bond acceptors (Lipinski definition) is 6. The number of aromatic nitrogens is 3. The Balaban J connectivity index is 1.38. The molecule has 33 heavy (non-hydrogen) atoms. The van der Waals surface area contributed by atoms with Gasteiger partial charge in [0.05, 0.1) is 19.5 Å². The predicted molar refractivity (Wildman–Crippen MR) is 126 cm³/mol. The Labute approximate surface area is 193 Å². The molecule has 0 radical (unpaired) electrons. The Morgan fingerprint density at radius 2 is 2.06 bits per heavy atom. The lowest BCUT2D eigenvalue weighted by Crippen LogP contribution is -2.42. The number of ether oxygens (including phenoxy) is 2. The van der Waals surface area contributed by atoms with Crippen LogP contribution >= 0.6 is 0 Å². The summed E-state index contributed by atoms with van der Waals surface area (Å²) in [6.07, 6.45) is 7.76. The van der Waals surface area contributed by atoms with Crippen LogP contribution in [0.25, 0.3) is 6.08 Å². The van der Waals surface area contributed by atoms with Crippen molar-refractivity contribution in [1.29, 1.82) is 0 Å². The van der Waals surface area contributed by atoms with Crippen molar-refractivity contribution in [1.82, 2.24) is 19.9 Å². The van der Waals surface area contributed by atoms with E-state index in [0.29, 0.717) is 30.7 Å². The van der Waals surface area contributed by atoms with E-state index in [1.54, 1.807) is 11.1 Å². The molecule has 1 aliphatic heterocycles. The van der Waals surface area contributed by atoms with E-state index in [9.17, 15) is 4.79 Å². The Kier molecular flexibility index (Phi) is 6.83. The standard InChI is InChI=1S/C25H27N5O3/c1-17-7-8-23(27-13-17)33-21-6-4-5-19(12-21)11-20-9-10-30(16-18(20)2)25(31)29-22-14-26-15-24(28-22)32-3/h4-8,11-15,18H,9-10,16H2,1-3H3,(H,28,29,31)/b20-11+. The van der Waals surface area contributed by atoms with Gasteiger partial charge in [-0.05, 0) is 42.5 Å². The zero-order valence-electron chi connectivity index (χ0n) is 19.0. The fourth-order valence-corrected chi connectivity index (χ4v) is 3.66. The molecule has 8 nitrogen and oxygen atoms in total. The minimum Gasteiger partial charge on any atom is -0.480 e. The van der Waals surface area contributed by atoms with Gasteiger partial charge in [0.25, 0.3) is 0 Å². The summed E-state index contributed by atoms with van der Waals surface area (Å²) in [5.41, 5.74) is 3.45. The number of piperidine rings is 1. The fraction of sp³-hybridized carbons (Fsp3) is 0.280. The number of hydrogen-bond donors (Lipinski definition) is 1. The minimum absolute atomic E-state index is 0.190. The maximum absolute atomic E-state index is 12.7. The summed E-state index contributed by atoms with van der Waals surface area (Å²) in [5, 5.41) is 2.80. The number of rotatable bonds is 5. The molecule has 1 atom stereocenters. The highest BCUT2D eigenvalue weighted by Crippen LogP contribution is 2.27. The Morgan fingerprint density at radius 3 is 2.82 bits per heavy atom. The van der Waals surface area contributed by atoms with Crippen molar-refractivity contribution in [3.8, 4) is 17.5 Å². The molecule has 1 saturated heterocycles. The van der Waals surface area contributed by atoms with Crippen molar-refractivity contribution in [2.75, 3.05) is 25.5 Å². The molecule has 1 fully saturated rings. The lowest BCUT2D eigenvalue weighted by atomic mass is 9.91. The van der Waals surface area contributed by atoms with Crippen LogP contribution in [0.4, 0.5) is 10.6 Å². The van der Waals surface area contributed by atoms with E-state index >= 15 is 0 Å². The number of amides is 2. The van der Waals surface area contributed by atoms with Crippen molar-refractivity contribution < 1.29 is 14.3 Å². The highest BCUT2D eigenvalue weighted by Gasteiger charge is 2.24. The van der Waals surface area contributed by atoms with Crippen LogP contribution in [-0.4, -0.2) is 46.1 Å². The molecular formula is C25H27N5O3. The van der Waals surface area contributed by atoms with E-state index in [1.807, 2.05) is 37.3 Å². The third-order valence-corrected chi connectivity index (χ3v) is 5.46. The summed E-state index contributed by atoms with van der Waals surface area (Å²) < 4.78 is 10.9. The second kappa shape index (κ2) is 10.1. The molecule has 4 rings (SSSR count). The number of likely N-dealkylation sites (tertiary alicyclic amines) is 1. The first kappa shape index (κ1) is 22.3. The van der Waals surface area contributed by atoms with Crippen LogP contribution < -0.4 is 14.8 Å². The van der Waals surface area contributed by atoms with Crippen molar-refractivity contribution >= 4 is 17.9 Å². The van der Waals surface area contributed by atoms with Crippen LogP contribution in [0.5, 0.6) is 17.5 Å². The summed E-state index contributed by atoms with van der Waals surface area (Å²) in [5.74, 6) is 2.26. The normalized spacial score (nSPS) is 17.0. The van der Waals surface area contributed by atoms with E-state index in [-0.39, 0.29) is 11.9 Å². The second-order valence-electron chi connectivity index (χ2n) is 8.04. The summed E-state index contributed by atoms with van der Waals surface area (Å²) in [6, 6.07) is 11.6. The van der Waals surface area contributed by atoms with Gasteiger partial charge in [-0.15, -0.1) is 0 Å². The van der Waals surface area contributed by atoms with Gasteiger partial charge in [-0.25, -0.2) is 9.78 Å². The largest absolute Gasteiger partial charge is 0.480 e. The van der Waals surface area contributed by atoms with Gasteiger partial charge in [-0.1, -0.05) is 36.8 Å². The average molecular weight is 446 g/mol. The number of nitrogens with one attached hydrogen (secondary N) is 1. The predicted octanol–water partition coefficient (Wildman–Crippen LogP) is 4.94. The zero-order chi connectivity index (χ0) is 23.2. The van der Waals surface area contributed by atoms with Crippen LogP contribution in [-0.2, 0) is 0 Å². The Bertz CT molecular complexity index is 1150. The number of benzene rings is 1. The number of pyridine rings is 1. The van der Waals surface area contributed by atoms with Crippen molar-refractivity contribution in [2.45, 2.75) is 20.3 Å². The molecule has 3 aromatic rings. The molecule has 0 bridgehead atoms. The Hall–Kier alpha value is -3.94. The van der Waals surface area contributed by atoms with E-state index in [4.69, 9.17) is 9.47 Å². The van der Waals surface area contributed by atoms with Gasteiger partial charge in [0.2, 0.25) is 11.8 Å². The smallest absolute Gasteiger partial charge is 0.323 e. The molecule has 2 aromatic heterocycles. The Morgan fingerprint density at radius 1 is 1.18 bits per heavy atom. The van der Waals surface area contributed by atoms with Crippen molar-refractivity contribution in [3.05, 3.63) is 71.7 Å². The van der Waals surface area contributed by atoms with E-state index in [1.165, 1.54) is 25.1 Å². The monoisotopic (exact) mass is 445 g/mol. The molecule has 3 heterocycles. The molecule has 0 saturated carbocycles. The van der Waals surface area contributed by atoms with Gasteiger partial charge in [0, 0.05) is 25.4 Å². The quantitative estimate of drug-likeness (QED) is 0.598. The van der Waals surface area contributed by atoms with Crippen molar-refractivity contribution in [3.63, 3.8) is 0 Å². The van der Waals surface area contributed by atoms with E-state index in [0.717, 1.165) is 23.3 Å². The van der Waals surface area contributed by atoms with Crippen LogP contribution in [0.2, 0.25) is 0 Å². The van der Waals surface area contributed by atoms with Crippen LogP contribution in [0, 0.1) is 12.8 Å². The summed E-state index contributed by atoms with van der Waals surface area (Å²) >= 11 is 0. The SMILES string of the molecule is COc1cncc(NC(=O)N2CC/C(=C\c3cccc(Oc4ccc(C)cn4)c3)C(C)C2)n1. The van der Waals surface area contributed by atoms with Gasteiger partial charge in [-0.3, -0.25) is 10.3 Å². The third-order valence-electron chi connectivity index (χ3n) is 5.46. The van der Waals surface area contributed by atoms with Gasteiger partial charge >= 0.3 is 6.03 Å². The van der Waals surface area contributed by atoms with E-state index in [2.05, 4.69) is 39.3 Å². The number of nitrogens with zero attached hydrogens (tertiary/aromatic N) is 4. The third kappa shape index (κ3) is 5.85. The lowest BCUT2D eigenvalue weighted by Gasteiger charge is -2.33. The molecule has 8 heteroatoms. The molecule has 1 N–H and O–H groups in total. The van der Waals surface area contributed by atoms with Crippen LogP contribution in [0.1, 0.15) is 24.5 Å². The molecular weight excluding hydrogens is 418 g/mol. The zero-order valence-corrected chi connectivity index (χ0v) is 19.0. The number of methoxy groups -OCH3 is 1. The van der Waals surface area contributed by atoms with Gasteiger partial charge in [0.1, 0.15) is 5.75 Å². The highest BCUT2D eigenvalue weighted by molar-refractivity contribution is 5.88. The topological polar surface area (TPSA) is 89.5 Å². The molecule has 0 spiro atoms. The summed E-state index contributed by atoms with van der Waals surface area (Å²) in [4.78, 5) is 27.0. The number of carbonyl (C=O) groups excluding carboxylic acids is 1. The van der Waals surface area contributed by atoms with Gasteiger partial charge in [-0.2, -0.15) is 4.98 Å². The summed E-state index contributed by atoms with van der Waals surface area (Å²) in [7, 11) is 1.51. The van der Waals surface area contributed by atoms with E-state index < -0.39 is 0 Å². The first-order valence-corrected chi connectivity index (χ1v) is 10.8. The second-order valence-corrected chi connectivity index (χ2v) is 8.04. The number of aryl methyl sites for hydroxylation is 1. The number of urea groups is 1. The summed E-state index contributed by atoms with van der Waals surface area (Å²) in [6.45, 7) is 5.38. The highest BCUT2D eigenvalue weighted by atomic mass is 16.5. The maximum atomic E-state index is 12.7. The van der Waals surface area contributed by atoms with Crippen molar-refractivity contribution in [2.24, 2.45) is 5.92 Å². The molecule has 1 aliphatic rings. The number of anilines is 1. The maximum Gasteiger partial charge on any atom is 0.323 e. The lowest BCUT2D eigenvalue weighted by molar-refractivity contribution is 0.197. The fourth-order valence-electron chi connectivity index (χ4n) is 3.66. The first-order chi connectivity index (χ1) is 16.0. The van der Waals surface area contributed by atoms with Gasteiger partial charge in [0.15, 0.2) is 5.82 Å². The molecule has 170 valence electrons. The molecule has 1 unspecified atom stereocenters. The average Bonchev–Trinajstić information content (AvgIpc) is 2.82. The molecule has 0 aliphatic carbocycles.